The number of hydrogen-bond acceptors (Lipinski definition) is 5. The number of methoxy groups -OCH3 is 1. The van der Waals surface area contributed by atoms with E-state index in [1.807, 2.05) is 0 Å². The highest BCUT2D eigenvalue weighted by Crippen LogP contribution is 2.15. The standard InChI is InChI=1S/C12H15NO6S/c1-13(7-11(14)15)20(17,18)8-9-5-3-4-6-10(9)12(16)19-2/h3-6H,7-8H2,1-2H3,(H,14,15). The van der Waals surface area contributed by atoms with Crippen LogP contribution in [0.15, 0.2) is 24.3 Å². The van der Waals surface area contributed by atoms with Crippen LogP contribution in [0.25, 0.3) is 0 Å². The number of carbonyl (C=O) groups is 2. The predicted octanol–water partition coefficient (Wildman–Crippen LogP) is 0.319. The van der Waals surface area contributed by atoms with Crippen molar-refractivity contribution in [2.75, 3.05) is 20.7 Å². The summed E-state index contributed by atoms with van der Waals surface area (Å²) < 4.78 is 29.3. The van der Waals surface area contributed by atoms with Gasteiger partial charge in [0.1, 0.15) is 6.54 Å². The first-order chi connectivity index (χ1) is 9.27. The molecule has 1 aromatic carbocycles. The van der Waals surface area contributed by atoms with E-state index in [9.17, 15) is 18.0 Å². The van der Waals surface area contributed by atoms with Crippen LogP contribution < -0.4 is 0 Å². The fourth-order valence-electron chi connectivity index (χ4n) is 1.55. The molecule has 1 aromatic rings. The quantitative estimate of drug-likeness (QED) is 0.759. The summed E-state index contributed by atoms with van der Waals surface area (Å²) >= 11 is 0. The van der Waals surface area contributed by atoms with E-state index in [-0.39, 0.29) is 11.1 Å². The molecule has 0 amide bonds. The number of carboxylic acids is 1. The molecule has 0 spiro atoms. The van der Waals surface area contributed by atoms with Gasteiger partial charge in [-0.1, -0.05) is 18.2 Å². The lowest BCUT2D eigenvalue weighted by atomic mass is 10.1. The lowest BCUT2D eigenvalue weighted by Gasteiger charge is -2.16. The summed E-state index contributed by atoms with van der Waals surface area (Å²) in [6.45, 7) is -0.636. The minimum absolute atomic E-state index is 0.141. The molecule has 0 aliphatic rings. The van der Waals surface area contributed by atoms with E-state index in [4.69, 9.17) is 5.11 Å². The van der Waals surface area contributed by atoms with Gasteiger partial charge >= 0.3 is 11.9 Å². The molecule has 0 bridgehead atoms. The number of rotatable bonds is 6. The number of esters is 1. The molecular formula is C12H15NO6S. The Hall–Kier alpha value is -1.93. The van der Waals surface area contributed by atoms with Crippen LogP contribution in [0, 0.1) is 0 Å². The van der Waals surface area contributed by atoms with Crippen molar-refractivity contribution in [1.29, 1.82) is 0 Å². The van der Waals surface area contributed by atoms with E-state index >= 15 is 0 Å². The van der Waals surface area contributed by atoms with Gasteiger partial charge in [0.25, 0.3) is 0 Å². The summed E-state index contributed by atoms with van der Waals surface area (Å²) in [7, 11) is -1.46. The first-order valence-electron chi connectivity index (χ1n) is 5.60. The number of carboxylic acid groups (broad SMARTS) is 1. The Morgan fingerprint density at radius 2 is 1.90 bits per heavy atom. The summed E-state index contributed by atoms with van der Waals surface area (Å²) in [6.07, 6.45) is 0. The zero-order valence-corrected chi connectivity index (χ0v) is 11.9. The lowest BCUT2D eigenvalue weighted by molar-refractivity contribution is -0.137. The fraction of sp³-hybridized carbons (Fsp3) is 0.333. The third-order valence-electron chi connectivity index (χ3n) is 2.59. The van der Waals surface area contributed by atoms with Crippen molar-refractivity contribution in [3.8, 4) is 0 Å². The summed E-state index contributed by atoms with van der Waals surface area (Å²) in [4.78, 5) is 22.1. The number of benzene rings is 1. The van der Waals surface area contributed by atoms with Gasteiger partial charge in [-0.25, -0.2) is 13.2 Å². The summed E-state index contributed by atoms with van der Waals surface area (Å²) in [5, 5.41) is 8.61. The summed E-state index contributed by atoms with van der Waals surface area (Å²) in [5.41, 5.74) is 0.402. The molecule has 0 radical (unpaired) electrons. The van der Waals surface area contributed by atoms with Crippen LogP contribution in [0.4, 0.5) is 0 Å². The number of nitrogens with zero attached hydrogens (tertiary/aromatic N) is 1. The van der Waals surface area contributed by atoms with Gasteiger partial charge in [-0.2, -0.15) is 4.31 Å². The van der Waals surface area contributed by atoms with Crippen molar-refractivity contribution in [3.05, 3.63) is 35.4 Å². The molecule has 0 aliphatic heterocycles. The highest BCUT2D eigenvalue weighted by Gasteiger charge is 2.23. The Labute approximate surface area is 116 Å². The number of carbonyl (C=O) groups excluding carboxylic acids is 1. The number of sulfonamides is 1. The minimum atomic E-state index is -3.83. The third kappa shape index (κ3) is 4.04. The lowest BCUT2D eigenvalue weighted by Crippen LogP contribution is -2.33. The molecule has 0 aromatic heterocycles. The maximum Gasteiger partial charge on any atom is 0.338 e. The van der Waals surface area contributed by atoms with E-state index in [1.54, 1.807) is 12.1 Å². The van der Waals surface area contributed by atoms with Crippen LogP contribution in [0.2, 0.25) is 0 Å². The van der Waals surface area contributed by atoms with Crippen molar-refractivity contribution in [1.82, 2.24) is 4.31 Å². The monoisotopic (exact) mass is 301 g/mol. The van der Waals surface area contributed by atoms with Crippen molar-refractivity contribution in [2.45, 2.75) is 5.75 Å². The zero-order chi connectivity index (χ0) is 15.3. The zero-order valence-electron chi connectivity index (χ0n) is 11.1. The van der Waals surface area contributed by atoms with Crippen molar-refractivity contribution >= 4 is 22.0 Å². The van der Waals surface area contributed by atoms with Crippen molar-refractivity contribution in [2.24, 2.45) is 0 Å². The topological polar surface area (TPSA) is 101 Å². The van der Waals surface area contributed by atoms with Gasteiger partial charge in [-0.05, 0) is 11.6 Å². The third-order valence-corrected chi connectivity index (χ3v) is 4.35. The van der Waals surface area contributed by atoms with Crippen LogP contribution in [0.3, 0.4) is 0 Å². The van der Waals surface area contributed by atoms with E-state index in [1.165, 1.54) is 26.3 Å². The van der Waals surface area contributed by atoms with E-state index in [0.29, 0.717) is 0 Å². The predicted molar refractivity (Wildman–Crippen MR) is 70.7 cm³/mol. The van der Waals surface area contributed by atoms with E-state index < -0.39 is 34.3 Å². The number of likely N-dealkylation sites (N-methyl/N-ethyl adjacent to an activating group) is 1. The van der Waals surface area contributed by atoms with Crippen LogP contribution in [0.5, 0.6) is 0 Å². The maximum atomic E-state index is 12.0. The first-order valence-corrected chi connectivity index (χ1v) is 7.21. The number of hydrogen-bond donors (Lipinski definition) is 1. The molecule has 0 unspecified atom stereocenters. The highest BCUT2D eigenvalue weighted by atomic mass is 32.2. The summed E-state index contributed by atoms with van der Waals surface area (Å²) in [5.74, 6) is -2.36. The maximum absolute atomic E-state index is 12.0. The average Bonchev–Trinajstić information content (AvgIpc) is 2.37. The van der Waals surface area contributed by atoms with Gasteiger partial charge in [-0.3, -0.25) is 4.79 Å². The molecule has 0 saturated heterocycles. The van der Waals surface area contributed by atoms with Crippen LogP contribution in [-0.4, -0.2) is 50.5 Å². The molecule has 8 heteroatoms. The van der Waals surface area contributed by atoms with Gasteiger partial charge in [-0.15, -0.1) is 0 Å². The molecule has 0 saturated carbocycles. The van der Waals surface area contributed by atoms with E-state index in [0.717, 1.165) is 4.31 Å². The molecule has 0 atom stereocenters. The number of aliphatic carboxylic acids is 1. The molecule has 0 fully saturated rings. The largest absolute Gasteiger partial charge is 0.480 e. The van der Waals surface area contributed by atoms with Gasteiger partial charge in [0.05, 0.1) is 18.4 Å². The molecule has 20 heavy (non-hydrogen) atoms. The normalized spacial score (nSPS) is 11.3. The molecule has 1 N–H and O–H groups in total. The Kier molecular flexibility index (Phi) is 5.23. The minimum Gasteiger partial charge on any atom is -0.480 e. The second kappa shape index (κ2) is 6.49. The van der Waals surface area contributed by atoms with Crippen LogP contribution >= 0.6 is 0 Å². The highest BCUT2D eigenvalue weighted by molar-refractivity contribution is 7.88. The fourth-order valence-corrected chi connectivity index (χ4v) is 2.72. The van der Waals surface area contributed by atoms with Crippen molar-refractivity contribution in [3.63, 3.8) is 0 Å². The second-order valence-corrected chi connectivity index (χ2v) is 6.13. The Morgan fingerprint density at radius 3 is 2.45 bits per heavy atom. The average molecular weight is 301 g/mol. The Balaban J connectivity index is 3.04. The van der Waals surface area contributed by atoms with Crippen LogP contribution in [-0.2, 0) is 25.3 Å². The first kappa shape index (κ1) is 16.1. The Morgan fingerprint density at radius 1 is 1.30 bits per heavy atom. The smallest absolute Gasteiger partial charge is 0.338 e. The van der Waals surface area contributed by atoms with Gasteiger partial charge in [0, 0.05) is 7.05 Å². The van der Waals surface area contributed by atoms with E-state index in [2.05, 4.69) is 4.74 Å². The number of ether oxygens (including phenoxy) is 1. The van der Waals surface area contributed by atoms with Gasteiger partial charge in [0.15, 0.2) is 0 Å². The summed E-state index contributed by atoms with van der Waals surface area (Å²) in [6, 6.07) is 6.12. The van der Waals surface area contributed by atoms with Crippen LogP contribution in [0.1, 0.15) is 15.9 Å². The molecule has 110 valence electrons. The molecule has 1 rings (SSSR count). The second-order valence-electron chi connectivity index (χ2n) is 4.05. The molecule has 7 nitrogen and oxygen atoms in total. The van der Waals surface area contributed by atoms with Gasteiger partial charge < -0.3 is 9.84 Å². The molecule has 0 heterocycles. The molecule has 0 aliphatic carbocycles. The SMILES string of the molecule is COC(=O)c1ccccc1CS(=O)(=O)N(C)CC(=O)O. The molecular weight excluding hydrogens is 286 g/mol. The van der Waals surface area contributed by atoms with Gasteiger partial charge in [0.2, 0.25) is 10.0 Å². The Bertz CT molecular complexity index is 610. The van der Waals surface area contributed by atoms with Crippen molar-refractivity contribution < 1.29 is 27.9 Å².